The van der Waals surface area contributed by atoms with E-state index in [1.807, 2.05) is 35.2 Å². The summed E-state index contributed by atoms with van der Waals surface area (Å²) in [7, 11) is 0. The van der Waals surface area contributed by atoms with Crippen LogP contribution in [0.25, 0.3) is 0 Å². The maximum atomic E-state index is 11.4. The Kier molecular flexibility index (Phi) is 6.84. The number of carbonyl (C=O) groups excluding carboxylic acids is 1. The zero-order chi connectivity index (χ0) is 19.1. The molecule has 3 rings (SSSR count). The van der Waals surface area contributed by atoms with Gasteiger partial charge in [-0.15, -0.1) is 0 Å². The summed E-state index contributed by atoms with van der Waals surface area (Å²) in [6, 6.07) is 9.31. The van der Waals surface area contributed by atoms with E-state index in [-0.39, 0.29) is 5.91 Å². The number of halogens is 1. The second kappa shape index (κ2) is 9.53. The van der Waals surface area contributed by atoms with Crippen molar-refractivity contribution in [1.29, 1.82) is 0 Å². The van der Waals surface area contributed by atoms with Crippen LogP contribution < -0.4 is 10.6 Å². The van der Waals surface area contributed by atoms with Crippen LogP contribution in [0.4, 0.5) is 17.5 Å². The number of benzene rings is 1. The van der Waals surface area contributed by atoms with Gasteiger partial charge in [0, 0.05) is 56.6 Å². The molecule has 0 atom stereocenters. The highest BCUT2D eigenvalue weighted by atomic mass is 35.5. The summed E-state index contributed by atoms with van der Waals surface area (Å²) in [5.41, 5.74) is 0.851. The molecule has 0 saturated carbocycles. The lowest BCUT2D eigenvalue weighted by Gasteiger charge is -2.34. The maximum Gasteiger partial charge on any atom is 0.229 e. The molecule has 7 nitrogen and oxygen atoms in total. The van der Waals surface area contributed by atoms with E-state index in [4.69, 9.17) is 11.6 Å². The van der Waals surface area contributed by atoms with Crippen molar-refractivity contribution >= 4 is 35.0 Å². The minimum atomic E-state index is 0.169. The quantitative estimate of drug-likeness (QED) is 0.710. The van der Waals surface area contributed by atoms with Gasteiger partial charge in [-0.2, -0.15) is 4.98 Å². The Hall–Kier alpha value is -2.38. The smallest absolute Gasteiger partial charge is 0.229 e. The van der Waals surface area contributed by atoms with E-state index >= 15 is 0 Å². The molecule has 2 heterocycles. The summed E-state index contributed by atoms with van der Waals surface area (Å²) in [5, 5.41) is 7.16. The molecule has 8 heteroatoms. The third-order valence-corrected chi connectivity index (χ3v) is 4.75. The fourth-order valence-corrected chi connectivity index (χ4v) is 3.21. The first-order chi connectivity index (χ1) is 13.1. The van der Waals surface area contributed by atoms with Gasteiger partial charge in [0.25, 0.3) is 0 Å². The molecule has 0 bridgehead atoms. The van der Waals surface area contributed by atoms with Crippen molar-refractivity contribution in [3.63, 3.8) is 0 Å². The zero-order valence-corrected chi connectivity index (χ0v) is 16.2. The Labute approximate surface area is 164 Å². The van der Waals surface area contributed by atoms with Gasteiger partial charge in [0.15, 0.2) is 0 Å². The van der Waals surface area contributed by atoms with Gasteiger partial charge in [0.1, 0.15) is 5.82 Å². The van der Waals surface area contributed by atoms with Crippen molar-refractivity contribution in [3.05, 3.63) is 41.6 Å². The largest absolute Gasteiger partial charge is 0.370 e. The first kappa shape index (κ1) is 19.4. The minimum absolute atomic E-state index is 0.169. The highest BCUT2D eigenvalue weighted by Gasteiger charge is 2.17. The number of anilines is 3. The van der Waals surface area contributed by atoms with E-state index < -0.39 is 0 Å². The van der Waals surface area contributed by atoms with Gasteiger partial charge in [-0.1, -0.05) is 17.7 Å². The highest BCUT2D eigenvalue weighted by molar-refractivity contribution is 6.30. The molecule has 1 saturated heterocycles. The average molecular weight is 389 g/mol. The van der Waals surface area contributed by atoms with Crippen molar-refractivity contribution in [2.75, 3.05) is 49.9 Å². The Balaban J connectivity index is 1.41. The SMILES string of the molecule is CC(=O)N1CCN(CCCNc2ccnc(Nc3cccc(Cl)c3)n2)CC1. The van der Waals surface area contributed by atoms with Gasteiger partial charge < -0.3 is 15.5 Å². The molecule has 2 N–H and O–H groups in total. The summed E-state index contributed by atoms with van der Waals surface area (Å²) in [4.78, 5) is 24.4. The van der Waals surface area contributed by atoms with Crippen LogP contribution in [0.1, 0.15) is 13.3 Å². The van der Waals surface area contributed by atoms with E-state index in [2.05, 4.69) is 25.5 Å². The van der Waals surface area contributed by atoms with Gasteiger partial charge in [0.05, 0.1) is 0 Å². The highest BCUT2D eigenvalue weighted by Crippen LogP contribution is 2.18. The van der Waals surface area contributed by atoms with E-state index in [1.165, 1.54) is 0 Å². The van der Waals surface area contributed by atoms with Gasteiger partial charge in [-0.3, -0.25) is 9.69 Å². The summed E-state index contributed by atoms with van der Waals surface area (Å²) < 4.78 is 0. The Morgan fingerprint density at radius 2 is 2.04 bits per heavy atom. The number of carbonyl (C=O) groups is 1. The molecule has 2 aromatic rings. The number of amides is 1. The monoisotopic (exact) mass is 388 g/mol. The van der Waals surface area contributed by atoms with Crippen LogP contribution in [0.3, 0.4) is 0 Å². The average Bonchev–Trinajstić information content (AvgIpc) is 2.66. The molecule has 1 aliphatic rings. The van der Waals surface area contributed by atoms with E-state index in [1.54, 1.807) is 13.1 Å². The predicted molar refractivity (Wildman–Crippen MR) is 109 cm³/mol. The fourth-order valence-electron chi connectivity index (χ4n) is 3.02. The summed E-state index contributed by atoms with van der Waals surface area (Å²) in [5.74, 6) is 1.49. The maximum absolute atomic E-state index is 11.4. The van der Waals surface area contributed by atoms with Gasteiger partial charge >= 0.3 is 0 Å². The van der Waals surface area contributed by atoms with Crippen molar-refractivity contribution in [2.24, 2.45) is 0 Å². The van der Waals surface area contributed by atoms with Gasteiger partial charge in [-0.25, -0.2) is 4.98 Å². The molecular weight excluding hydrogens is 364 g/mol. The first-order valence-corrected chi connectivity index (χ1v) is 9.55. The summed E-state index contributed by atoms with van der Waals surface area (Å²) in [6.45, 7) is 7.02. The van der Waals surface area contributed by atoms with Crippen molar-refractivity contribution < 1.29 is 4.79 Å². The molecule has 1 aromatic carbocycles. The van der Waals surface area contributed by atoms with Crippen molar-refractivity contribution in [1.82, 2.24) is 19.8 Å². The van der Waals surface area contributed by atoms with Crippen molar-refractivity contribution in [3.8, 4) is 0 Å². The molecule has 0 radical (unpaired) electrons. The molecule has 144 valence electrons. The third kappa shape index (κ3) is 6.08. The number of aromatic nitrogens is 2. The fraction of sp³-hybridized carbons (Fsp3) is 0.421. The number of nitrogens with one attached hydrogen (secondary N) is 2. The molecule has 0 aliphatic carbocycles. The number of nitrogens with zero attached hydrogens (tertiary/aromatic N) is 4. The number of rotatable bonds is 7. The van der Waals surface area contributed by atoms with E-state index in [0.29, 0.717) is 11.0 Å². The van der Waals surface area contributed by atoms with Crippen LogP contribution in [0.2, 0.25) is 5.02 Å². The van der Waals surface area contributed by atoms with E-state index in [9.17, 15) is 4.79 Å². The van der Waals surface area contributed by atoms with Crippen LogP contribution in [0.15, 0.2) is 36.5 Å². The summed E-state index contributed by atoms with van der Waals surface area (Å²) in [6.07, 6.45) is 2.74. The molecule has 1 fully saturated rings. The second-order valence-corrected chi connectivity index (χ2v) is 6.97. The van der Waals surface area contributed by atoms with Crippen LogP contribution >= 0.6 is 11.6 Å². The van der Waals surface area contributed by atoms with Crippen molar-refractivity contribution in [2.45, 2.75) is 13.3 Å². The number of hydrogen-bond donors (Lipinski definition) is 2. The summed E-state index contributed by atoms with van der Waals surface area (Å²) >= 11 is 6.00. The lowest BCUT2D eigenvalue weighted by molar-refractivity contribution is -0.130. The number of hydrogen-bond acceptors (Lipinski definition) is 6. The topological polar surface area (TPSA) is 73.4 Å². The van der Waals surface area contributed by atoms with Gasteiger partial charge in [0.2, 0.25) is 11.9 Å². The molecular formula is C19H25ClN6O. The molecule has 1 aromatic heterocycles. The lowest BCUT2D eigenvalue weighted by Crippen LogP contribution is -2.48. The van der Waals surface area contributed by atoms with E-state index in [0.717, 1.165) is 57.2 Å². The van der Waals surface area contributed by atoms with Crippen LogP contribution in [0, 0.1) is 0 Å². The minimum Gasteiger partial charge on any atom is -0.370 e. The standard InChI is InChI=1S/C19H25ClN6O/c1-15(27)26-12-10-25(11-13-26)9-3-7-21-18-6-8-22-19(24-18)23-17-5-2-4-16(20)14-17/h2,4-6,8,14H,3,7,9-13H2,1H3,(H2,21,22,23,24). The first-order valence-electron chi connectivity index (χ1n) is 9.17. The number of piperazine rings is 1. The Morgan fingerprint density at radius 3 is 2.78 bits per heavy atom. The Bertz CT molecular complexity index is 763. The Morgan fingerprint density at radius 1 is 1.22 bits per heavy atom. The predicted octanol–water partition coefficient (Wildman–Crippen LogP) is 2.84. The van der Waals surface area contributed by atoms with Gasteiger partial charge in [-0.05, 0) is 37.2 Å². The zero-order valence-electron chi connectivity index (χ0n) is 15.5. The second-order valence-electron chi connectivity index (χ2n) is 6.53. The van der Waals surface area contributed by atoms with Crippen LogP contribution in [-0.4, -0.2) is 64.9 Å². The van der Waals surface area contributed by atoms with Crippen LogP contribution in [0.5, 0.6) is 0 Å². The third-order valence-electron chi connectivity index (χ3n) is 4.51. The molecule has 0 spiro atoms. The lowest BCUT2D eigenvalue weighted by atomic mass is 10.3. The molecule has 1 amide bonds. The normalized spacial score (nSPS) is 14.8. The molecule has 1 aliphatic heterocycles. The molecule has 0 unspecified atom stereocenters. The van der Waals surface area contributed by atoms with Crippen LogP contribution in [-0.2, 0) is 4.79 Å². The molecule has 27 heavy (non-hydrogen) atoms.